The highest BCUT2D eigenvalue weighted by Crippen LogP contribution is 2.18. The standard InChI is InChI=1S/C21H29N5O5/c1-13-6-7-16(10-14(13)2)31-12-15(27)11-26-17-18(25(3)21(29)24-19(17)28)23-20(26)22-8-5-9-30-4/h6-7,10,15,27H,5,8-9,11-12H2,1-4H3,(H,22,23)(H,24,28,29)/t15-/m1/s1. The molecule has 2 aromatic heterocycles. The van der Waals surface area contributed by atoms with Crippen LogP contribution in [-0.4, -0.2) is 57.2 Å². The number of anilines is 1. The second kappa shape index (κ2) is 9.80. The predicted octanol–water partition coefficient (Wildman–Crippen LogP) is 0.928. The summed E-state index contributed by atoms with van der Waals surface area (Å²) >= 11 is 0. The van der Waals surface area contributed by atoms with Crippen molar-refractivity contribution in [2.75, 3.05) is 32.2 Å². The van der Waals surface area contributed by atoms with E-state index >= 15 is 0 Å². The van der Waals surface area contributed by atoms with Gasteiger partial charge in [-0.05, 0) is 43.5 Å². The van der Waals surface area contributed by atoms with E-state index in [1.54, 1.807) is 11.7 Å². The van der Waals surface area contributed by atoms with Gasteiger partial charge in [0.25, 0.3) is 5.56 Å². The first-order chi connectivity index (χ1) is 14.8. The van der Waals surface area contributed by atoms with Gasteiger partial charge in [0.2, 0.25) is 5.95 Å². The molecule has 168 valence electrons. The molecule has 0 aliphatic rings. The number of aryl methyl sites for hydroxylation is 3. The summed E-state index contributed by atoms with van der Waals surface area (Å²) < 4.78 is 13.6. The van der Waals surface area contributed by atoms with Crippen molar-refractivity contribution in [1.82, 2.24) is 19.1 Å². The quantitative estimate of drug-likeness (QED) is 0.408. The lowest BCUT2D eigenvalue weighted by Crippen LogP contribution is -2.31. The van der Waals surface area contributed by atoms with Gasteiger partial charge in [-0.25, -0.2) is 4.79 Å². The van der Waals surface area contributed by atoms with Crippen molar-refractivity contribution >= 4 is 17.1 Å². The third-order valence-electron chi connectivity index (χ3n) is 5.13. The molecule has 0 amide bonds. The van der Waals surface area contributed by atoms with Gasteiger partial charge in [0.1, 0.15) is 18.5 Å². The van der Waals surface area contributed by atoms with Crippen LogP contribution >= 0.6 is 0 Å². The molecule has 3 N–H and O–H groups in total. The Balaban J connectivity index is 1.84. The smallest absolute Gasteiger partial charge is 0.329 e. The minimum Gasteiger partial charge on any atom is -0.491 e. The molecule has 3 rings (SSSR count). The Morgan fingerprint density at radius 1 is 1.26 bits per heavy atom. The van der Waals surface area contributed by atoms with Crippen molar-refractivity contribution in [3.8, 4) is 5.75 Å². The van der Waals surface area contributed by atoms with Crippen LogP contribution in [0.3, 0.4) is 0 Å². The zero-order valence-corrected chi connectivity index (χ0v) is 18.3. The molecular formula is C21H29N5O5. The van der Waals surface area contributed by atoms with Crippen molar-refractivity contribution < 1.29 is 14.6 Å². The molecule has 0 fully saturated rings. The fourth-order valence-corrected chi connectivity index (χ4v) is 3.22. The van der Waals surface area contributed by atoms with Crippen LogP contribution in [0.4, 0.5) is 5.95 Å². The first-order valence-electron chi connectivity index (χ1n) is 10.1. The van der Waals surface area contributed by atoms with E-state index in [1.165, 1.54) is 11.6 Å². The Hall–Kier alpha value is -3.11. The molecule has 0 bridgehead atoms. The van der Waals surface area contributed by atoms with E-state index in [4.69, 9.17) is 9.47 Å². The summed E-state index contributed by atoms with van der Waals surface area (Å²) in [5.74, 6) is 1.05. The highest BCUT2D eigenvalue weighted by molar-refractivity contribution is 5.74. The molecule has 0 aliphatic heterocycles. The number of hydrogen-bond donors (Lipinski definition) is 3. The zero-order valence-electron chi connectivity index (χ0n) is 18.3. The van der Waals surface area contributed by atoms with Gasteiger partial charge in [-0.15, -0.1) is 0 Å². The number of aliphatic hydroxyl groups is 1. The van der Waals surface area contributed by atoms with Gasteiger partial charge in [-0.3, -0.25) is 14.3 Å². The molecule has 10 nitrogen and oxygen atoms in total. The summed E-state index contributed by atoms with van der Waals surface area (Å²) in [5, 5.41) is 13.8. The number of hydrogen-bond acceptors (Lipinski definition) is 7. The van der Waals surface area contributed by atoms with Crippen LogP contribution < -0.4 is 21.3 Å². The minimum atomic E-state index is -0.907. The number of nitrogens with zero attached hydrogens (tertiary/aromatic N) is 3. The Morgan fingerprint density at radius 2 is 2.03 bits per heavy atom. The maximum absolute atomic E-state index is 12.5. The normalized spacial score (nSPS) is 12.3. The van der Waals surface area contributed by atoms with Crippen molar-refractivity contribution in [1.29, 1.82) is 0 Å². The van der Waals surface area contributed by atoms with Crippen LogP contribution in [0.2, 0.25) is 0 Å². The zero-order chi connectivity index (χ0) is 22.5. The van der Waals surface area contributed by atoms with Crippen LogP contribution in [0.25, 0.3) is 11.2 Å². The van der Waals surface area contributed by atoms with E-state index in [9.17, 15) is 14.7 Å². The number of fused-ring (bicyclic) bond motifs is 1. The number of benzene rings is 1. The summed E-state index contributed by atoms with van der Waals surface area (Å²) in [6.07, 6.45) is -0.178. The van der Waals surface area contributed by atoms with E-state index in [0.29, 0.717) is 24.8 Å². The summed E-state index contributed by atoms with van der Waals surface area (Å²) in [6, 6.07) is 5.73. The molecule has 0 unspecified atom stereocenters. The predicted molar refractivity (Wildman–Crippen MR) is 118 cm³/mol. The lowest BCUT2D eigenvalue weighted by molar-refractivity contribution is 0.0938. The Bertz CT molecular complexity index is 1160. The maximum atomic E-state index is 12.5. The molecule has 0 spiro atoms. The van der Waals surface area contributed by atoms with E-state index in [0.717, 1.165) is 17.5 Å². The maximum Gasteiger partial charge on any atom is 0.329 e. The summed E-state index contributed by atoms with van der Waals surface area (Å²) in [5.41, 5.74) is 1.60. The first kappa shape index (κ1) is 22.6. The van der Waals surface area contributed by atoms with E-state index in [-0.39, 0.29) is 24.3 Å². The molecule has 0 aliphatic carbocycles. The minimum absolute atomic E-state index is 0.0367. The van der Waals surface area contributed by atoms with Crippen molar-refractivity contribution in [2.45, 2.75) is 32.9 Å². The fraction of sp³-hybridized carbons (Fsp3) is 0.476. The monoisotopic (exact) mass is 431 g/mol. The number of imidazole rings is 1. The number of aliphatic hydroxyl groups excluding tert-OH is 1. The van der Waals surface area contributed by atoms with Crippen LogP contribution in [0.15, 0.2) is 27.8 Å². The van der Waals surface area contributed by atoms with E-state index < -0.39 is 17.4 Å². The highest BCUT2D eigenvalue weighted by atomic mass is 16.5. The van der Waals surface area contributed by atoms with Gasteiger partial charge in [0.15, 0.2) is 11.2 Å². The SMILES string of the molecule is COCCCNc1nc2c(c(=O)[nH]c(=O)n2C)n1C[C@@H](O)COc1ccc(C)c(C)c1. The fourth-order valence-electron chi connectivity index (χ4n) is 3.22. The number of nitrogens with one attached hydrogen (secondary N) is 2. The number of aromatic nitrogens is 4. The first-order valence-corrected chi connectivity index (χ1v) is 10.1. The van der Waals surface area contributed by atoms with Gasteiger partial charge in [-0.2, -0.15) is 4.98 Å². The third kappa shape index (κ3) is 5.15. The Kier molecular flexibility index (Phi) is 7.13. The van der Waals surface area contributed by atoms with Gasteiger partial charge in [-0.1, -0.05) is 6.07 Å². The van der Waals surface area contributed by atoms with Gasteiger partial charge in [0, 0.05) is 27.3 Å². The second-order valence-electron chi connectivity index (χ2n) is 7.52. The van der Waals surface area contributed by atoms with E-state index in [1.807, 2.05) is 32.0 Å². The van der Waals surface area contributed by atoms with Crippen molar-refractivity contribution in [3.05, 3.63) is 50.2 Å². The molecule has 31 heavy (non-hydrogen) atoms. The Labute approximate surface area is 179 Å². The number of H-pyrrole nitrogens is 1. The van der Waals surface area contributed by atoms with Gasteiger partial charge < -0.3 is 24.5 Å². The number of ether oxygens (including phenoxy) is 2. The molecule has 0 saturated carbocycles. The molecule has 2 heterocycles. The Morgan fingerprint density at radius 3 is 2.74 bits per heavy atom. The highest BCUT2D eigenvalue weighted by Gasteiger charge is 2.19. The van der Waals surface area contributed by atoms with Crippen LogP contribution in [0.1, 0.15) is 17.5 Å². The van der Waals surface area contributed by atoms with Gasteiger partial charge in [0.05, 0.1) is 6.54 Å². The van der Waals surface area contributed by atoms with Crippen molar-refractivity contribution in [3.63, 3.8) is 0 Å². The largest absolute Gasteiger partial charge is 0.491 e. The lowest BCUT2D eigenvalue weighted by Gasteiger charge is -2.16. The summed E-state index contributed by atoms with van der Waals surface area (Å²) in [4.78, 5) is 31.2. The summed E-state index contributed by atoms with van der Waals surface area (Å²) in [6.45, 7) is 5.24. The van der Waals surface area contributed by atoms with Crippen molar-refractivity contribution in [2.24, 2.45) is 7.05 Å². The molecule has 3 aromatic rings. The third-order valence-corrected chi connectivity index (χ3v) is 5.13. The number of aromatic amines is 1. The van der Waals surface area contributed by atoms with Gasteiger partial charge >= 0.3 is 5.69 Å². The second-order valence-corrected chi connectivity index (χ2v) is 7.52. The van der Waals surface area contributed by atoms with Crippen LogP contribution in [0.5, 0.6) is 5.75 Å². The molecule has 0 saturated heterocycles. The van der Waals surface area contributed by atoms with E-state index in [2.05, 4.69) is 15.3 Å². The van der Waals surface area contributed by atoms with Crippen LogP contribution in [-0.2, 0) is 18.3 Å². The molecular weight excluding hydrogens is 402 g/mol. The molecule has 0 radical (unpaired) electrons. The average molecular weight is 431 g/mol. The molecule has 1 atom stereocenters. The van der Waals surface area contributed by atoms with Crippen LogP contribution in [0, 0.1) is 13.8 Å². The number of methoxy groups -OCH3 is 1. The lowest BCUT2D eigenvalue weighted by atomic mass is 10.1. The number of rotatable bonds is 10. The average Bonchev–Trinajstić information content (AvgIpc) is 3.09. The molecule has 1 aromatic carbocycles. The molecule has 10 heteroatoms. The topological polar surface area (TPSA) is 123 Å². The summed E-state index contributed by atoms with van der Waals surface area (Å²) in [7, 11) is 3.16.